The standard InChI is InChI=1S/C21H25NO3S/c1-21(2,3)16-7-4-5-8-17(16)22-20(23)14-26-15-9-10-18-19(13-15)25-12-6-11-24-18/h4-5,7-10,13H,6,11-12,14H2,1-3H3,(H,22,23). The summed E-state index contributed by atoms with van der Waals surface area (Å²) in [4.78, 5) is 13.4. The Hall–Kier alpha value is -2.14. The number of nitrogens with one attached hydrogen (secondary N) is 1. The Morgan fingerprint density at radius 2 is 1.81 bits per heavy atom. The van der Waals surface area contributed by atoms with Crippen LogP contribution in [0.5, 0.6) is 11.5 Å². The van der Waals surface area contributed by atoms with Crippen LogP contribution < -0.4 is 14.8 Å². The van der Waals surface area contributed by atoms with Crippen LogP contribution in [-0.4, -0.2) is 24.9 Å². The van der Waals surface area contributed by atoms with Crippen LogP contribution in [0.15, 0.2) is 47.4 Å². The molecule has 0 spiro atoms. The number of amides is 1. The molecule has 0 unspecified atom stereocenters. The van der Waals surface area contributed by atoms with Gasteiger partial charge in [-0.05, 0) is 35.2 Å². The molecular formula is C21H25NO3S. The van der Waals surface area contributed by atoms with Crippen LogP contribution in [0.4, 0.5) is 5.69 Å². The molecule has 0 saturated heterocycles. The minimum Gasteiger partial charge on any atom is -0.490 e. The molecule has 1 N–H and O–H groups in total. The highest BCUT2D eigenvalue weighted by Gasteiger charge is 2.18. The van der Waals surface area contributed by atoms with E-state index in [1.807, 2.05) is 36.4 Å². The van der Waals surface area contributed by atoms with Gasteiger partial charge in [-0.3, -0.25) is 4.79 Å². The Labute approximate surface area is 159 Å². The summed E-state index contributed by atoms with van der Waals surface area (Å²) in [5, 5.41) is 3.04. The Morgan fingerprint density at radius 3 is 2.58 bits per heavy atom. The first-order chi connectivity index (χ1) is 12.4. The van der Waals surface area contributed by atoms with Gasteiger partial charge >= 0.3 is 0 Å². The van der Waals surface area contributed by atoms with Crippen LogP contribution >= 0.6 is 11.8 Å². The van der Waals surface area contributed by atoms with Gasteiger partial charge in [0.05, 0.1) is 19.0 Å². The molecule has 1 aliphatic heterocycles. The highest BCUT2D eigenvalue weighted by molar-refractivity contribution is 8.00. The molecule has 1 aliphatic rings. The van der Waals surface area contributed by atoms with Crippen LogP contribution in [0.25, 0.3) is 0 Å². The topological polar surface area (TPSA) is 47.6 Å². The molecule has 3 rings (SSSR count). The van der Waals surface area contributed by atoms with Crippen LogP contribution in [0.1, 0.15) is 32.8 Å². The Bertz CT molecular complexity index is 783. The second kappa shape index (κ2) is 8.04. The first-order valence-corrected chi connectivity index (χ1v) is 9.84. The maximum atomic E-state index is 12.4. The van der Waals surface area contributed by atoms with E-state index in [9.17, 15) is 4.79 Å². The molecule has 0 bridgehead atoms. The minimum absolute atomic E-state index is 0.0150. The van der Waals surface area contributed by atoms with Crippen molar-refractivity contribution < 1.29 is 14.3 Å². The smallest absolute Gasteiger partial charge is 0.234 e. The van der Waals surface area contributed by atoms with Crippen molar-refractivity contribution in [2.45, 2.75) is 37.5 Å². The fourth-order valence-corrected chi connectivity index (χ4v) is 3.54. The van der Waals surface area contributed by atoms with Gasteiger partial charge in [0.2, 0.25) is 5.91 Å². The average Bonchev–Trinajstić information content (AvgIpc) is 2.84. The van der Waals surface area contributed by atoms with Crippen molar-refractivity contribution in [3.63, 3.8) is 0 Å². The van der Waals surface area contributed by atoms with Gasteiger partial charge in [0.15, 0.2) is 11.5 Å². The summed E-state index contributed by atoms with van der Waals surface area (Å²) < 4.78 is 11.3. The first kappa shape index (κ1) is 18.6. The van der Waals surface area contributed by atoms with Crippen molar-refractivity contribution in [3.8, 4) is 11.5 Å². The molecule has 26 heavy (non-hydrogen) atoms. The summed E-state index contributed by atoms with van der Waals surface area (Å²) in [7, 11) is 0. The zero-order valence-electron chi connectivity index (χ0n) is 15.5. The maximum Gasteiger partial charge on any atom is 0.234 e. The van der Waals surface area contributed by atoms with Crippen molar-refractivity contribution in [1.29, 1.82) is 0 Å². The Kier molecular flexibility index (Phi) is 5.77. The number of benzene rings is 2. The lowest BCUT2D eigenvalue weighted by Crippen LogP contribution is -2.19. The van der Waals surface area contributed by atoms with E-state index >= 15 is 0 Å². The van der Waals surface area contributed by atoms with E-state index in [0.29, 0.717) is 19.0 Å². The van der Waals surface area contributed by atoms with E-state index in [1.165, 1.54) is 11.8 Å². The quantitative estimate of drug-likeness (QED) is 0.779. The molecule has 0 aromatic heterocycles. The van der Waals surface area contributed by atoms with E-state index < -0.39 is 0 Å². The van der Waals surface area contributed by atoms with Crippen molar-refractivity contribution in [2.75, 3.05) is 24.3 Å². The summed E-state index contributed by atoms with van der Waals surface area (Å²) >= 11 is 1.49. The molecule has 0 fully saturated rings. The minimum atomic E-state index is -0.0225. The number of thioether (sulfide) groups is 1. The van der Waals surface area contributed by atoms with Gasteiger partial charge < -0.3 is 14.8 Å². The zero-order valence-corrected chi connectivity index (χ0v) is 16.3. The van der Waals surface area contributed by atoms with Crippen LogP contribution in [-0.2, 0) is 10.2 Å². The molecule has 0 atom stereocenters. The third-order valence-electron chi connectivity index (χ3n) is 4.10. The van der Waals surface area contributed by atoms with Gasteiger partial charge in [-0.25, -0.2) is 0 Å². The molecule has 1 heterocycles. The summed E-state index contributed by atoms with van der Waals surface area (Å²) in [6, 6.07) is 13.8. The number of hydrogen-bond donors (Lipinski definition) is 1. The number of ether oxygens (including phenoxy) is 2. The van der Waals surface area contributed by atoms with Crippen molar-refractivity contribution >= 4 is 23.4 Å². The second-order valence-corrected chi connectivity index (χ2v) is 8.34. The van der Waals surface area contributed by atoms with Gasteiger partial charge in [0.1, 0.15) is 0 Å². The van der Waals surface area contributed by atoms with Gasteiger partial charge in [-0.1, -0.05) is 39.0 Å². The van der Waals surface area contributed by atoms with Crippen molar-refractivity contribution in [2.24, 2.45) is 0 Å². The van der Waals surface area contributed by atoms with Crippen molar-refractivity contribution in [3.05, 3.63) is 48.0 Å². The van der Waals surface area contributed by atoms with E-state index in [1.54, 1.807) is 0 Å². The van der Waals surface area contributed by atoms with Gasteiger partial charge in [-0.15, -0.1) is 11.8 Å². The highest BCUT2D eigenvalue weighted by Crippen LogP contribution is 2.34. The number of fused-ring (bicyclic) bond motifs is 1. The third-order valence-corrected chi connectivity index (χ3v) is 5.09. The van der Waals surface area contributed by atoms with Gasteiger partial charge in [0, 0.05) is 17.0 Å². The van der Waals surface area contributed by atoms with E-state index in [0.717, 1.165) is 34.1 Å². The third kappa shape index (κ3) is 4.73. The molecule has 138 valence electrons. The largest absolute Gasteiger partial charge is 0.490 e. The molecule has 4 nitrogen and oxygen atoms in total. The fraction of sp³-hybridized carbons (Fsp3) is 0.381. The number of para-hydroxylation sites is 1. The van der Waals surface area contributed by atoms with Gasteiger partial charge in [-0.2, -0.15) is 0 Å². The predicted octanol–water partition coefficient (Wildman–Crippen LogP) is 4.88. The lowest BCUT2D eigenvalue weighted by molar-refractivity contribution is -0.113. The average molecular weight is 372 g/mol. The summed E-state index contributed by atoms with van der Waals surface area (Å²) in [5.74, 6) is 1.86. The summed E-state index contributed by atoms with van der Waals surface area (Å²) in [6.45, 7) is 7.76. The molecule has 0 aliphatic carbocycles. The summed E-state index contributed by atoms with van der Waals surface area (Å²) in [6.07, 6.45) is 0.882. The normalized spacial score (nSPS) is 13.8. The molecular weight excluding hydrogens is 346 g/mol. The molecule has 2 aromatic rings. The predicted molar refractivity (Wildman–Crippen MR) is 107 cm³/mol. The summed E-state index contributed by atoms with van der Waals surface area (Å²) in [5.41, 5.74) is 1.99. The van der Waals surface area contributed by atoms with Crippen LogP contribution in [0.3, 0.4) is 0 Å². The molecule has 1 amide bonds. The number of rotatable bonds is 4. The monoisotopic (exact) mass is 371 g/mol. The second-order valence-electron chi connectivity index (χ2n) is 7.29. The van der Waals surface area contributed by atoms with E-state index in [4.69, 9.17) is 9.47 Å². The Morgan fingerprint density at radius 1 is 1.08 bits per heavy atom. The number of anilines is 1. The van der Waals surface area contributed by atoms with Crippen LogP contribution in [0, 0.1) is 0 Å². The first-order valence-electron chi connectivity index (χ1n) is 8.85. The molecule has 2 aromatic carbocycles. The SMILES string of the molecule is CC(C)(C)c1ccccc1NC(=O)CSc1ccc2c(c1)OCCCO2. The zero-order chi connectivity index (χ0) is 18.6. The van der Waals surface area contributed by atoms with Crippen LogP contribution in [0.2, 0.25) is 0 Å². The maximum absolute atomic E-state index is 12.4. The lowest BCUT2D eigenvalue weighted by atomic mass is 9.86. The lowest BCUT2D eigenvalue weighted by Gasteiger charge is -2.23. The number of carbonyl (C=O) groups is 1. The molecule has 5 heteroatoms. The highest BCUT2D eigenvalue weighted by atomic mass is 32.2. The number of hydrogen-bond acceptors (Lipinski definition) is 4. The Balaban J connectivity index is 1.63. The fourth-order valence-electron chi connectivity index (χ4n) is 2.81. The van der Waals surface area contributed by atoms with E-state index in [-0.39, 0.29) is 11.3 Å². The van der Waals surface area contributed by atoms with Crippen molar-refractivity contribution in [1.82, 2.24) is 0 Å². The molecule has 0 saturated carbocycles. The van der Waals surface area contributed by atoms with Gasteiger partial charge in [0.25, 0.3) is 0 Å². The number of carbonyl (C=O) groups excluding carboxylic acids is 1. The van der Waals surface area contributed by atoms with E-state index in [2.05, 4.69) is 32.2 Å². The molecule has 0 radical (unpaired) electrons.